The molecule has 1 aliphatic carbocycles. The second-order valence-electron chi connectivity index (χ2n) is 8.53. The van der Waals surface area contributed by atoms with Crippen molar-refractivity contribution in [2.45, 2.75) is 24.8 Å². The van der Waals surface area contributed by atoms with E-state index < -0.39 is 24.1 Å². The lowest BCUT2D eigenvalue weighted by Gasteiger charge is -2.18. The summed E-state index contributed by atoms with van der Waals surface area (Å²) in [6.07, 6.45) is 0.781. The van der Waals surface area contributed by atoms with E-state index in [1.807, 2.05) is 48.5 Å². The van der Waals surface area contributed by atoms with Crippen LogP contribution in [0.3, 0.4) is 0 Å². The highest BCUT2D eigenvalue weighted by Crippen LogP contribution is 2.44. The molecule has 0 fully saturated rings. The Morgan fingerprint density at radius 3 is 2.19 bits per heavy atom. The van der Waals surface area contributed by atoms with Crippen molar-refractivity contribution >= 4 is 18.0 Å². The normalized spacial score (nSPS) is 12.7. The van der Waals surface area contributed by atoms with E-state index in [1.54, 1.807) is 24.3 Å². The molecule has 7 nitrogen and oxygen atoms in total. The summed E-state index contributed by atoms with van der Waals surface area (Å²) >= 11 is 0. The highest BCUT2D eigenvalue weighted by molar-refractivity contribution is 5.81. The summed E-state index contributed by atoms with van der Waals surface area (Å²) in [6, 6.07) is 21.7. The van der Waals surface area contributed by atoms with E-state index >= 15 is 0 Å². The predicted molar refractivity (Wildman–Crippen MR) is 135 cm³/mol. The van der Waals surface area contributed by atoms with Crippen molar-refractivity contribution in [1.82, 2.24) is 5.32 Å². The molecule has 4 rings (SSSR count). The summed E-state index contributed by atoms with van der Waals surface area (Å²) in [5.74, 6) is -1.71. The van der Waals surface area contributed by atoms with Crippen LogP contribution in [0.25, 0.3) is 11.1 Å². The molecule has 0 heterocycles. The fourth-order valence-corrected chi connectivity index (χ4v) is 4.45. The van der Waals surface area contributed by atoms with Crippen LogP contribution in [0.2, 0.25) is 0 Å². The van der Waals surface area contributed by atoms with Gasteiger partial charge in [0.15, 0.2) is 0 Å². The van der Waals surface area contributed by atoms with Crippen LogP contribution in [0.4, 0.5) is 4.79 Å². The van der Waals surface area contributed by atoms with Crippen molar-refractivity contribution in [2.75, 3.05) is 13.2 Å². The molecule has 0 bridgehead atoms. The number of carbonyl (C=O) groups is 3. The molecule has 0 aromatic heterocycles. The van der Waals surface area contributed by atoms with E-state index in [0.29, 0.717) is 11.1 Å². The number of carbonyl (C=O) groups excluding carboxylic acids is 2. The molecule has 0 spiro atoms. The molecule has 0 unspecified atom stereocenters. The summed E-state index contributed by atoms with van der Waals surface area (Å²) in [7, 11) is 0. The Morgan fingerprint density at radius 2 is 1.56 bits per heavy atom. The lowest BCUT2D eigenvalue weighted by atomic mass is 9.98. The van der Waals surface area contributed by atoms with Gasteiger partial charge in [-0.3, -0.25) is 4.79 Å². The van der Waals surface area contributed by atoms with Gasteiger partial charge in [-0.25, -0.2) is 9.59 Å². The third-order valence-electron chi connectivity index (χ3n) is 6.08. The lowest BCUT2D eigenvalue weighted by Crippen LogP contribution is -2.42. The summed E-state index contributed by atoms with van der Waals surface area (Å²) in [6.45, 7) is 3.72. The Labute approximate surface area is 209 Å². The zero-order valence-corrected chi connectivity index (χ0v) is 19.7. The molecule has 184 valence electrons. The quantitative estimate of drug-likeness (QED) is 0.324. The van der Waals surface area contributed by atoms with Gasteiger partial charge in [0.1, 0.15) is 19.3 Å². The van der Waals surface area contributed by atoms with Crippen LogP contribution in [0.1, 0.15) is 28.2 Å². The van der Waals surface area contributed by atoms with Gasteiger partial charge in [-0.05, 0) is 33.4 Å². The summed E-state index contributed by atoms with van der Waals surface area (Å²) < 4.78 is 10.5. The number of carboxylic acids is 1. The van der Waals surface area contributed by atoms with E-state index in [4.69, 9.17) is 9.47 Å². The zero-order valence-electron chi connectivity index (χ0n) is 19.7. The van der Waals surface area contributed by atoms with Gasteiger partial charge in [0.2, 0.25) is 0 Å². The number of hydrogen-bond donors (Lipinski definition) is 2. The van der Waals surface area contributed by atoms with Crippen molar-refractivity contribution in [3.63, 3.8) is 0 Å². The van der Waals surface area contributed by atoms with Gasteiger partial charge in [-0.1, -0.05) is 85.5 Å². The number of carboxylic acid groups (broad SMARTS) is 1. The number of fused-ring (bicyclic) bond motifs is 3. The molecule has 3 aromatic rings. The topological polar surface area (TPSA) is 102 Å². The second-order valence-corrected chi connectivity index (χ2v) is 8.53. The molecular weight excluding hydrogens is 458 g/mol. The molecule has 0 aliphatic heterocycles. The van der Waals surface area contributed by atoms with Gasteiger partial charge in [-0.2, -0.15) is 0 Å². The van der Waals surface area contributed by atoms with Gasteiger partial charge in [-0.15, -0.1) is 0 Å². The Kier molecular flexibility index (Phi) is 7.80. The number of aliphatic carboxylic acids is 1. The summed E-state index contributed by atoms with van der Waals surface area (Å²) in [5.41, 5.74) is 5.72. The lowest BCUT2D eigenvalue weighted by molar-refractivity contribution is -0.141. The largest absolute Gasteiger partial charge is 0.480 e. The van der Waals surface area contributed by atoms with Crippen molar-refractivity contribution in [3.8, 4) is 11.1 Å². The first-order valence-electron chi connectivity index (χ1n) is 11.6. The first kappa shape index (κ1) is 24.7. The molecular formula is C29H27NO6. The summed E-state index contributed by atoms with van der Waals surface area (Å²) in [4.78, 5) is 36.3. The minimum absolute atomic E-state index is 0.0368. The monoisotopic (exact) mass is 485 g/mol. The molecule has 0 saturated carbocycles. The number of nitrogens with one attached hydrogen (secondary N) is 1. The van der Waals surface area contributed by atoms with Crippen LogP contribution in [0.15, 0.2) is 85.5 Å². The van der Waals surface area contributed by atoms with Crippen LogP contribution in [-0.4, -0.2) is 42.4 Å². The molecule has 3 aromatic carbocycles. The van der Waals surface area contributed by atoms with E-state index in [0.717, 1.165) is 22.3 Å². The minimum Gasteiger partial charge on any atom is -0.480 e. The van der Waals surface area contributed by atoms with E-state index in [-0.39, 0.29) is 32.0 Å². The number of alkyl carbamates (subject to hydrolysis) is 1. The maximum Gasteiger partial charge on any atom is 0.407 e. The standard InChI is InChI=1S/C29H27NO6/c1-2-14-35-27(31)17-20-9-7-8-19(15-20)16-26(28(32)33)30-29(34)36-18-25-23-12-5-3-10-21(23)22-11-4-6-13-24(22)25/h2-13,15,25-26H,1,14,16-18H2,(H,30,34)(H,32,33)/t26-/m1/s1. The average Bonchev–Trinajstić information content (AvgIpc) is 3.19. The van der Waals surface area contributed by atoms with Crippen LogP contribution in [0, 0.1) is 0 Å². The number of esters is 1. The summed E-state index contributed by atoms with van der Waals surface area (Å²) in [5, 5.41) is 12.1. The second kappa shape index (κ2) is 11.4. The van der Waals surface area contributed by atoms with Gasteiger partial charge in [0.05, 0.1) is 6.42 Å². The van der Waals surface area contributed by atoms with E-state index in [2.05, 4.69) is 11.9 Å². The SMILES string of the molecule is C=CCOC(=O)Cc1cccc(C[C@@H](NC(=O)OCC2c3ccccc3-c3ccccc32)C(=O)O)c1. The first-order chi connectivity index (χ1) is 17.5. The predicted octanol–water partition coefficient (Wildman–Crippen LogP) is 4.49. The molecule has 1 amide bonds. The molecule has 36 heavy (non-hydrogen) atoms. The van der Waals surface area contributed by atoms with Crippen molar-refractivity contribution < 1.29 is 29.0 Å². The minimum atomic E-state index is -1.19. The molecule has 0 saturated heterocycles. The van der Waals surface area contributed by atoms with Crippen molar-refractivity contribution in [3.05, 3.63) is 108 Å². The first-order valence-corrected chi connectivity index (χ1v) is 11.6. The fourth-order valence-electron chi connectivity index (χ4n) is 4.45. The van der Waals surface area contributed by atoms with E-state index in [1.165, 1.54) is 6.08 Å². The third kappa shape index (κ3) is 5.81. The van der Waals surface area contributed by atoms with Gasteiger partial charge >= 0.3 is 18.0 Å². The fraction of sp³-hybridized carbons (Fsp3) is 0.207. The molecule has 1 atom stereocenters. The highest BCUT2D eigenvalue weighted by atomic mass is 16.5. The number of hydrogen-bond acceptors (Lipinski definition) is 5. The van der Waals surface area contributed by atoms with Crippen LogP contribution < -0.4 is 5.32 Å². The van der Waals surface area contributed by atoms with Gasteiger partial charge < -0.3 is 19.9 Å². The number of rotatable bonds is 10. The highest BCUT2D eigenvalue weighted by Gasteiger charge is 2.29. The number of ether oxygens (including phenoxy) is 2. The average molecular weight is 486 g/mol. The van der Waals surface area contributed by atoms with Gasteiger partial charge in [0.25, 0.3) is 0 Å². The Balaban J connectivity index is 1.38. The van der Waals surface area contributed by atoms with Crippen LogP contribution in [-0.2, 0) is 31.9 Å². The Bertz CT molecular complexity index is 1240. The maximum atomic E-state index is 12.6. The molecule has 0 radical (unpaired) electrons. The van der Waals surface area contributed by atoms with Crippen molar-refractivity contribution in [2.24, 2.45) is 0 Å². The molecule has 2 N–H and O–H groups in total. The Hall–Kier alpha value is -4.39. The molecule has 1 aliphatic rings. The van der Waals surface area contributed by atoms with Crippen LogP contribution in [0.5, 0.6) is 0 Å². The number of amides is 1. The molecule has 7 heteroatoms. The smallest absolute Gasteiger partial charge is 0.407 e. The van der Waals surface area contributed by atoms with E-state index in [9.17, 15) is 19.5 Å². The third-order valence-corrected chi connectivity index (χ3v) is 6.08. The number of benzene rings is 3. The van der Waals surface area contributed by atoms with Crippen molar-refractivity contribution in [1.29, 1.82) is 0 Å². The zero-order chi connectivity index (χ0) is 25.5. The van der Waals surface area contributed by atoms with Crippen LogP contribution >= 0.6 is 0 Å². The maximum absolute atomic E-state index is 12.6. The Morgan fingerprint density at radius 1 is 0.917 bits per heavy atom. The van der Waals surface area contributed by atoms with Gasteiger partial charge in [0, 0.05) is 12.3 Å².